The predicted octanol–water partition coefficient (Wildman–Crippen LogP) is 3.13. The maximum absolute atomic E-state index is 4.44. The van der Waals surface area contributed by atoms with Crippen LogP contribution in [0.2, 0.25) is 0 Å². The van der Waals surface area contributed by atoms with Gasteiger partial charge in [0.05, 0.1) is 0 Å². The number of nitrogens with one attached hydrogen (secondary N) is 2. The van der Waals surface area contributed by atoms with E-state index in [0.717, 1.165) is 18.5 Å². The van der Waals surface area contributed by atoms with Crippen molar-refractivity contribution < 1.29 is 0 Å². The molecule has 2 aliphatic rings. The molecule has 2 fully saturated rings. The molecule has 5 nitrogen and oxygen atoms in total. The molecule has 0 spiro atoms. The fourth-order valence-electron chi connectivity index (χ4n) is 4.40. The number of anilines is 1. The van der Waals surface area contributed by atoms with Gasteiger partial charge in [-0.1, -0.05) is 18.9 Å². The van der Waals surface area contributed by atoms with Gasteiger partial charge in [0, 0.05) is 58.5 Å². The molecule has 0 atom stereocenters. The van der Waals surface area contributed by atoms with Crippen molar-refractivity contribution in [1.29, 1.82) is 0 Å². The molecule has 150 valence electrons. The van der Waals surface area contributed by atoms with E-state index in [9.17, 15) is 0 Å². The van der Waals surface area contributed by atoms with Gasteiger partial charge in [-0.3, -0.25) is 4.99 Å². The molecule has 1 saturated carbocycles. The minimum atomic E-state index is 0.533. The fraction of sp³-hybridized carbons (Fsp3) is 0.682. The molecule has 2 N–H and O–H groups in total. The summed E-state index contributed by atoms with van der Waals surface area (Å²) in [6, 6.07) is 8.03. The molecular weight excluding hydrogens is 334 g/mol. The van der Waals surface area contributed by atoms with E-state index in [1.165, 1.54) is 68.4 Å². The van der Waals surface area contributed by atoms with Crippen LogP contribution in [-0.4, -0.2) is 57.2 Å². The maximum Gasteiger partial charge on any atom is 0.191 e. The van der Waals surface area contributed by atoms with Crippen LogP contribution in [0.25, 0.3) is 0 Å². The first-order valence-corrected chi connectivity index (χ1v) is 10.5. The number of likely N-dealkylation sites (tertiary alicyclic amines) is 1. The second-order valence-corrected chi connectivity index (χ2v) is 8.32. The van der Waals surface area contributed by atoms with Gasteiger partial charge in [-0.05, 0) is 55.9 Å². The predicted molar refractivity (Wildman–Crippen MR) is 116 cm³/mol. The van der Waals surface area contributed by atoms with Gasteiger partial charge in [-0.25, -0.2) is 0 Å². The van der Waals surface area contributed by atoms with E-state index in [4.69, 9.17) is 0 Å². The molecule has 1 aromatic carbocycles. The lowest BCUT2D eigenvalue weighted by atomic mass is 10.0. The van der Waals surface area contributed by atoms with Crippen LogP contribution in [0.3, 0.4) is 0 Å². The van der Waals surface area contributed by atoms with Gasteiger partial charge >= 0.3 is 0 Å². The van der Waals surface area contributed by atoms with Crippen LogP contribution in [-0.2, 0) is 6.54 Å². The lowest BCUT2D eigenvalue weighted by molar-refractivity contribution is 0.150. The standard InChI is InChI=1S/C22H37N5/c1-17-15-21(26(3)4)10-9-18(17)16-24-22(23-2)25-19-11-13-27(14-12-19)20-7-5-6-8-20/h9-10,15,19-20H,5-8,11-14,16H2,1-4H3,(H2,23,24,25). The molecular formula is C22H37N5. The summed E-state index contributed by atoms with van der Waals surface area (Å²) in [6.07, 6.45) is 8.10. The number of hydrogen-bond donors (Lipinski definition) is 2. The Hall–Kier alpha value is -1.75. The van der Waals surface area contributed by atoms with Crippen LogP contribution >= 0.6 is 0 Å². The van der Waals surface area contributed by atoms with E-state index < -0.39 is 0 Å². The zero-order valence-corrected chi connectivity index (χ0v) is 17.6. The second-order valence-electron chi connectivity index (χ2n) is 8.32. The third-order valence-corrected chi connectivity index (χ3v) is 6.22. The number of piperidine rings is 1. The second kappa shape index (κ2) is 9.45. The Bertz CT molecular complexity index is 626. The van der Waals surface area contributed by atoms with Gasteiger partial charge in [-0.15, -0.1) is 0 Å². The summed E-state index contributed by atoms with van der Waals surface area (Å²) in [5.74, 6) is 0.922. The highest BCUT2D eigenvalue weighted by atomic mass is 15.2. The number of aliphatic imine (C=N–C) groups is 1. The Kier molecular flexibility index (Phi) is 7.00. The van der Waals surface area contributed by atoms with E-state index in [1.54, 1.807) is 0 Å². The number of guanidine groups is 1. The third kappa shape index (κ3) is 5.38. The summed E-state index contributed by atoms with van der Waals surface area (Å²) in [5, 5.41) is 7.14. The summed E-state index contributed by atoms with van der Waals surface area (Å²) in [4.78, 5) is 9.30. The molecule has 0 unspecified atom stereocenters. The SMILES string of the molecule is CN=C(NCc1ccc(N(C)C)cc1C)NC1CCN(C2CCCC2)CC1. The molecule has 0 bridgehead atoms. The Morgan fingerprint density at radius 3 is 2.44 bits per heavy atom. The number of nitrogens with zero attached hydrogens (tertiary/aromatic N) is 3. The Balaban J connectivity index is 1.46. The van der Waals surface area contributed by atoms with Crippen LogP contribution in [0.1, 0.15) is 49.7 Å². The molecule has 27 heavy (non-hydrogen) atoms. The molecule has 0 radical (unpaired) electrons. The Morgan fingerprint density at radius 2 is 1.85 bits per heavy atom. The molecule has 1 aliphatic carbocycles. The lowest BCUT2D eigenvalue weighted by Gasteiger charge is -2.36. The third-order valence-electron chi connectivity index (χ3n) is 6.22. The molecule has 3 rings (SSSR count). The minimum absolute atomic E-state index is 0.533. The average Bonchev–Trinajstić information content (AvgIpc) is 3.21. The first-order chi connectivity index (χ1) is 13.1. The van der Waals surface area contributed by atoms with Crippen LogP contribution in [0, 0.1) is 6.92 Å². The van der Waals surface area contributed by atoms with E-state index in [1.807, 2.05) is 7.05 Å². The van der Waals surface area contributed by atoms with Gasteiger partial charge in [0.1, 0.15) is 0 Å². The van der Waals surface area contributed by atoms with Crippen molar-refractivity contribution in [2.24, 2.45) is 4.99 Å². The highest BCUT2D eigenvalue weighted by Gasteiger charge is 2.27. The number of hydrogen-bond acceptors (Lipinski definition) is 3. The van der Waals surface area contributed by atoms with Crippen molar-refractivity contribution in [3.8, 4) is 0 Å². The summed E-state index contributed by atoms with van der Waals surface area (Å²) in [6.45, 7) is 5.44. The molecule has 1 saturated heterocycles. The zero-order chi connectivity index (χ0) is 19.2. The van der Waals surface area contributed by atoms with Gasteiger partial charge in [0.2, 0.25) is 0 Å². The zero-order valence-electron chi connectivity index (χ0n) is 17.6. The van der Waals surface area contributed by atoms with Crippen molar-refractivity contribution in [3.05, 3.63) is 29.3 Å². The summed E-state index contributed by atoms with van der Waals surface area (Å²) in [5.41, 5.74) is 3.88. The lowest BCUT2D eigenvalue weighted by Crippen LogP contribution is -2.50. The number of aryl methyl sites for hydroxylation is 1. The topological polar surface area (TPSA) is 42.9 Å². The highest BCUT2D eigenvalue weighted by Crippen LogP contribution is 2.26. The van der Waals surface area contributed by atoms with Crippen molar-refractivity contribution in [2.45, 2.75) is 64.1 Å². The van der Waals surface area contributed by atoms with Crippen LogP contribution in [0.5, 0.6) is 0 Å². The maximum atomic E-state index is 4.44. The smallest absolute Gasteiger partial charge is 0.191 e. The van der Waals surface area contributed by atoms with E-state index in [0.29, 0.717) is 6.04 Å². The minimum Gasteiger partial charge on any atom is -0.378 e. The summed E-state index contributed by atoms with van der Waals surface area (Å²) >= 11 is 0. The summed E-state index contributed by atoms with van der Waals surface area (Å²) < 4.78 is 0. The number of benzene rings is 1. The van der Waals surface area contributed by atoms with Gasteiger partial charge in [0.15, 0.2) is 5.96 Å². The Labute approximate surface area is 165 Å². The quantitative estimate of drug-likeness (QED) is 0.616. The fourth-order valence-corrected chi connectivity index (χ4v) is 4.40. The monoisotopic (exact) mass is 371 g/mol. The van der Waals surface area contributed by atoms with Crippen LogP contribution < -0.4 is 15.5 Å². The molecule has 1 heterocycles. The first kappa shape index (κ1) is 20.0. The van der Waals surface area contributed by atoms with Gasteiger partial charge < -0.3 is 20.4 Å². The molecule has 1 aromatic rings. The number of rotatable bonds is 5. The van der Waals surface area contributed by atoms with Crippen molar-refractivity contribution in [2.75, 3.05) is 39.1 Å². The van der Waals surface area contributed by atoms with E-state index >= 15 is 0 Å². The normalized spacial score (nSPS) is 20.1. The molecule has 5 heteroatoms. The molecule has 0 aromatic heterocycles. The van der Waals surface area contributed by atoms with Gasteiger partial charge in [0.25, 0.3) is 0 Å². The molecule has 1 aliphatic heterocycles. The van der Waals surface area contributed by atoms with Crippen LogP contribution in [0.15, 0.2) is 23.2 Å². The van der Waals surface area contributed by atoms with Crippen molar-refractivity contribution >= 4 is 11.6 Å². The van der Waals surface area contributed by atoms with Gasteiger partial charge in [-0.2, -0.15) is 0 Å². The largest absolute Gasteiger partial charge is 0.378 e. The first-order valence-electron chi connectivity index (χ1n) is 10.5. The van der Waals surface area contributed by atoms with Crippen LogP contribution in [0.4, 0.5) is 5.69 Å². The van der Waals surface area contributed by atoms with Crippen molar-refractivity contribution in [3.63, 3.8) is 0 Å². The van der Waals surface area contributed by atoms with E-state index in [-0.39, 0.29) is 0 Å². The highest BCUT2D eigenvalue weighted by molar-refractivity contribution is 5.80. The van der Waals surface area contributed by atoms with Crippen molar-refractivity contribution in [1.82, 2.24) is 15.5 Å². The van der Waals surface area contributed by atoms with E-state index in [2.05, 4.69) is 64.6 Å². The molecule has 0 amide bonds. The summed E-state index contributed by atoms with van der Waals surface area (Å²) in [7, 11) is 6.03. The Morgan fingerprint density at radius 1 is 1.15 bits per heavy atom. The average molecular weight is 372 g/mol.